The molecule has 0 bridgehead atoms. The van der Waals surface area contributed by atoms with Crippen LogP contribution >= 0.6 is 23.1 Å². The largest absolute Gasteiger partial charge is 0.293 e. The summed E-state index contributed by atoms with van der Waals surface area (Å²) in [7, 11) is 0. The number of ketones is 1. The van der Waals surface area contributed by atoms with Crippen molar-refractivity contribution in [3.63, 3.8) is 0 Å². The van der Waals surface area contributed by atoms with E-state index in [1.165, 1.54) is 17.7 Å². The van der Waals surface area contributed by atoms with Gasteiger partial charge in [0.2, 0.25) is 0 Å². The number of hydrogen-bond donors (Lipinski definition) is 0. The average molecular weight is 214 g/mol. The lowest BCUT2D eigenvalue weighted by molar-refractivity contribution is 0.102. The fraction of sp³-hybridized carbons (Fsp3) is 0.143. The number of aromatic nitrogens is 3. The van der Waals surface area contributed by atoms with Gasteiger partial charge in [-0.1, -0.05) is 4.49 Å². The summed E-state index contributed by atoms with van der Waals surface area (Å²) in [5.74, 6) is -0.186. The van der Waals surface area contributed by atoms with Crippen LogP contribution in [0.5, 0.6) is 0 Å². The second-order valence-electron chi connectivity index (χ2n) is 2.38. The van der Waals surface area contributed by atoms with Gasteiger partial charge in [-0.2, -0.15) is 0 Å². The molecule has 0 aliphatic rings. The molecule has 0 aromatic carbocycles. The van der Waals surface area contributed by atoms with Gasteiger partial charge in [0.05, 0.1) is 5.88 Å². The minimum absolute atomic E-state index is 0.0370. The normalized spacial score (nSPS) is 10.5. The summed E-state index contributed by atoms with van der Waals surface area (Å²) in [6, 6.07) is 1.65. The van der Waals surface area contributed by atoms with Crippen LogP contribution in [0.4, 0.5) is 0 Å². The van der Waals surface area contributed by atoms with Crippen LogP contribution in [0, 0.1) is 0 Å². The third-order valence-corrected chi connectivity index (χ3v) is 2.44. The zero-order chi connectivity index (χ0) is 9.26. The molecule has 2 aromatic heterocycles. The lowest BCUT2D eigenvalue weighted by Crippen LogP contribution is -2.00. The zero-order valence-electron chi connectivity index (χ0n) is 6.40. The molecule has 0 aliphatic carbocycles. The number of Topliss-reactive ketones (excluding diaryl/α,β-unsaturated/α-hetero) is 1. The molecule has 2 rings (SSSR count). The van der Waals surface area contributed by atoms with Gasteiger partial charge in [-0.25, -0.2) is 4.98 Å². The first-order chi connectivity index (χ1) is 6.31. The summed E-state index contributed by atoms with van der Waals surface area (Å²) in [6.07, 6.45) is 1.49. The SMILES string of the molecule is O=C(CCl)c1cnc2snnc2c1. The number of carbonyl (C=O) groups is 1. The topological polar surface area (TPSA) is 55.7 Å². The molecule has 0 spiro atoms. The van der Waals surface area contributed by atoms with Gasteiger partial charge in [0.15, 0.2) is 10.6 Å². The molecule has 2 heterocycles. The molecule has 0 unspecified atom stereocenters. The van der Waals surface area contributed by atoms with E-state index in [2.05, 4.69) is 14.6 Å². The molecule has 0 N–H and O–H groups in total. The van der Waals surface area contributed by atoms with Crippen molar-refractivity contribution < 1.29 is 4.79 Å². The van der Waals surface area contributed by atoms with E-state index in [4.69, 9.17) is 11.6 Å². The fourth-order valence-corrected chi connectivity index (χ4v) is 1.57. The predicted octanol–water partition coefficient (Wildman–Crippen LogP) is 1.51. The Labute approximate surface area is 82.7 Å². The molecule has 2 aromatic rings. The maximum Gasteiger partial charge on any atom is 0.179 e. The Morgan fingerprint density at radius 2 is 2.46 bits per heavy atom. The lowest BCUT2D eigenvalue weighted by atomic mass is 10.2. The first kappa shape index (κ1) is 8.52. The molecular formula is C7H4ClN3OS. The third kappa shape index (κ3) is 1.52. The van der Waals surface area contributed by atoms with E-state index in [9.17, 15) is 4.79 Å². The van der Waals surface area contributed by atoms with E-state index < -0.39 is 0 Å². The predicted molar refractivity (Wildman–Crippen MR) is 50.3 cm³/mol. The van der Waals surface area contributed by atoms with Crippen molar-refractivity contribution in [2.24, 2.45) is 0 Å². The maximum atomic E-state index is 11.2. The number of halogens is 1. The quantitative estimate of drug-likeness (QED) is 0.561. The Bertz CT molecular complexity index is 456. The van der Waals surface area contributed by atoms with E-state index in [-0.39, 0.29) is 11.7 Å². The molecule has 4 nitrogen and oxygen atoms in total. The van der Waals surface area contributed by atoms with Gasteiger partial charge in [0.1, 0.15) is 5.52 Å². The number of rotatable bonds is 2. The third-order valence-electron chi connectivity index (χ3n) is 1.55. The molecule has 0 atom stereocenters. The highest BCUT2D eigenvalue weighted by Gasteiger charge is 2.07. The molecule has 0 fully saturated rings. The molecule has 0 saturated carbocycles. The molecule has 0 saturated heterocycles. The van der Waals surface area contributed by atoms with Crippen molar-refractivity contribution in [1.29, 1.82) is 0 Å². The number of hydrogen-bond acceptors (Lipinski definition) is 5. The minimum Gasteiger partial charge on any atom is -0.293 e. The minimum atomic E-state index is -0.149. The summed E-state index contributed by atoms with van der Waals surface area (Å²) in [5, 5.41) is 3.81. The molecule has 0 aliphatic heterocycles. The molecule has 66 valence electrons. The molecule has 6 heteroatoms. The summed E-state index contributed by atoms with van der Waals surface area (Å²) < 4.78 is 3.71. The van der Waals surface area contributed by atoms with Crippen LogP contribution in [-0.4, -0.2) is 26.2 Å². The monoisotopic (exact) mass is 213 g/mol. The van der Waals surface area contributed by atoms with Crippen molar-refractivity contribution >= 4 is 39.3 Å². The summed E-state index contributed by atoms with van der Waals surface area (Å²) in [4.78, 5) is 15.9. The summed E-state index contributed by atoms with van der Waals surface area (Å²) in [6.45, 7) is 0. The lowest BCUT2D eigenvalue weighted by Gasteiger charge is -1.93. The summed E-state index contributed by atoms with van der Waals surface area (Å²) >= 11 is 6.60. The van der Waals surface area contributed by atoms with Crippen LogP contribution in [0.3, 0.4) is 0 Å². The van der Waals surface area contributed by atoms with E-state index in [0.29, 0.717) is 11.1 Å². The van der Waals surface area contributed by atoms with E-state index in [0.717, 1.165) is 4.83 Å². The Hall–Kier alpha value is -1.07. The van der Waals surface area contributed by atoms with Gasteiger partial charge in [0, 0.05) is 23.3 Å². The smallest absolute Gasteiger partial charge is 0.179 e. The van der Waals surface area contributed by atoms with Crippen molar-refractivity contribution in [3.05, 3.63) is 17.8 Å². The van der Waals surface area contributed by atoms with Gasteiger partial charge in [-0.15, -0.1) is 16.7 Å². The fourth-order valence-electron chi connectivity index (χ4n) is 0.915. The number of carbonyl (C=O) groups excluding carboxylic acids is 1. The van der Waals surface area contributed by atoms with Crippen LogP contribution in [-0.2, 0) is 0 Å². The highest BCUT2D eigenvalue weighted by Crippen LogP contribution is 2.13. The highest BCUT2D eigenvalue weighted by molar-refractivity contribution is 7.12. The van der Waals surface area contributed by atoms with Crippen molar-refractivity contribution in [2.75, 3.05) is 5.88 Å². The van der Waals surface area contributed by atoms with Crippen LogP contribution in [0.2, 0.25) is 0 Å². The first-order valence-electron chi connectivity index (χ1n) is 3.48. The van der Waals surface area contributed by atoms with Crippen LogP contribution < -0.4 is 0 Å². The standard InChI is InChI=1S/C7H4ClN3OS/c8-2-6(12)4-1-5-7(9-3-4)13-11-10-5/h1,3H,2H2. The van der Waals surface area contributed by atoms with E-state index >= 15 is 0 Å². The van der Waals surface area contributed by atoms with Crippen LogP contribution in [0.25, 0.3) is 10.3 Å². The second kappa shape index (κ2) is 3.35. The second-order valence-corrected chi connectivity index (χ2v) is 3.38. The van der Waals surface area contributed by atoms with Gasteiger partial charge in [-0.3, -0.25) is 4.79 Å². The Morgan fingerprint density at radius 3 is 3.23 bits per heavy atom. The van der Waals surface area contributed by atoms with Crippen molar-refractivity contribution in [3.8, 4) is 0 Å². The van der Waals surface area contributed by atoms with E-state index in [1.54, 1.807) is 6.07 Å². The molecule has 13 heavy (non-hydrogen) atoms. The van der Waals surface area contributed by atoms with Gasteiger partial charge >= 0.3 is 0 Å². The van der Waals surface area contributed by atoms with Crippen molar-refractivity contribution in [2.45, 2.75) is 0 Å². The number of alkyl halides is 1. The maximum absolute atomic E-state index is 11.2. The number of pyridine rings is 1. The molecule has 0 radical (unpaired) electrons. The Balaban J connectivity index is 2.54. The highest BCUT2D eigenvalue weighted by atomic mass is 35.5. The van der Waals surface area contributed by atoms with Gasteiger partial charge in [-0.05, 0) is 6.07 Å². The summed E-state index contributed by atoms with van der Waals surface area (Å²) in [5.41, 5.74) is 1.12. The number of fused-ring (bicyclic) bond motifs is 1. The van der Waals surface area contributed by atoms with E-state index in [1.807, 2.05) is 0 Å². The molecular weight excluding hydrogens is 210 g/mol. The van der Waals surface area contributed by atoms with Crippen molar-refractivity contribution in [1.82, 2.24) is 14.6 Å². The van der Waals surface area contributed by atoms with Crippen LogP contribution in [0.15, 0.2) is 12.3 Å². The van der Waals surface area contributed by atoms with Crippen LogP contribution in [0.1, 0.15) is 10.4 Å². The Kier molecular flexibility index (Phi) is 2.20. The van der Waals surface area contributed by atoms with Gasteiger partial charge in [0.25, 0.3) is 0 Å². The zero-order valence-corrected chi connectivity index (χ0v) is 7.97. The molecule has 0 amide bonds. The van der Waals surface area contributed by atoms with Gasteiger partial charge < -0.3 is 0 Å². The Morgan fingerprint density at radius 1 is 1.62 bits per heavy atom. The average Bonchev–Trinajstić information content (AvgIpc) is 2.63. The first-order valence-corrected chi connectivity index (χ1v) is 4.79. The number of nitrogens with zero attached hydrogens (tertiary/aromatic N) is 3.